The molecule has 0 unspecified atom stereocenters. The second kappa shape index (κ2) is 5.32. The Morgan fingerprint density at radius 3 is 2.78 bits per heavy atom. The zero-order chi connectivity index (χ0) is 13.2. The molecule has 1 saturated carbocycles. The van der Waals surface area contributed by atoms with Crippen LogP contribution in [0.5, 0.6) is 0 Å². The summed E-state index contributed by atoms with van der Waals surface area (Å²) in [5, 5.41) is -0.459. The van der Waals surface area contributed by atoms with E-state index in [1.807, 2.05) is 6.92 Å². The molecule has 0 radical (unpaired) electrons. The summed E-state index contributed by atoms with van der Waals surface area (Å²) in [5.74, 6) is -0.354. The van der Waals surface area contributed by atoms with Crippen LogP contribution in [0.4, 0.5) is 4.39 Å². The number of hydrogen-bond donors (Lipinski definition) is 0. The van der Waals surface area contributed by atoms with Gasteiger partial charge in [-0.05, 0) is 37.3 Å². The van der Waals surface area contributed by atoms with E-state index in [1.165, 1.54) is 16.6 Å². The largest absolute Gasteiger partial charge is 0.263 e. The van der Waals surface area contributed by atoms with Crippen molar-refractivity contribution in [1.29, 1.82) is 0 Å². The van der Waals surface area contributed by atoms with Crippen molar-refractivity contribution in [3.8, 4) is 0 Å². The van der Waals surface area contributed by atoms with E-state index in [2.05, 4.69) is 4.98 Å². The average molecular weight is 272 g/mol. The molecule has 0 aliphatic heterocycles. The second-order valence-electron chi connectivity index (χ2n) is 4.60. The molecule has 1 aliphatic carbocycles. The maximum atomic E-state index is 13.6. The monoisotopic (exact) mass is 272 g/mol. The number of halogens is 1. The maximum Gasteiger partial charge on any atom is 0.263 e. The zero-order valence-corrected chi connectivity index (χ0v) is 11.2. The van der Waals surface area contributed by atoms with Crippen LogP contribution in [0.3, 0.4) is 0 Å². The van der Waals surface area contributed by atoms with E-state index < -0.39 is 20.9 Å². The lowest BCUT2D eigenvalue weighted by Gasteiger charge is -2.20. The number of pyridine rings is 1. The Morgan fingerprint density at radius 1 is 1.50 bits per heavy atom. The topological polar surface area (TPSA) is 50.3 Å². The van der Waals surface area contributed by atoms with Gasteiger partial charge in [-0.2, -0.15) is 4.31 Å². The normalized spacial score (nSPS) is 16.2. The fourth-order valence-electron chi connectivity index (χ4n) is 1.83. The molecular weight excluding hydrogens is 255 g/mol. The summed E-state index contributed by atoms with van der Waals surface area (Å²) < 4.78 is 39.6. The van der Waals surface area contributed by atoms with Crippen LogP contribution in [0, 0.1) is 11.7 Å². The van der Waals surface area contributed by atoms with Gasteiger partial charge in [0.1, 0.15) is 0 Å². The lowest BCUT2D eigenvalue weighted by molar-refractivity contribution is 0.390. The second-order valence-corrected chi connectivity index (χ2v) is 6.45. The third-order valence-electron chi connectivity index (χ3n) is 2.94. The summed E-state index contributed by atoms with van der Waals surface area (Å²) in [6.07, 6.45) is 4.12. The van der Waals surface area contributed by atoms with Crippen molar-refractivity contribution in [1.82, 2.24) is 9.29 Å². The van der Waals surface area contributed by atoms with Gasteiger partial charge in [-0.15, -0.1) is 0 Å². The molecule has 4 nitrogen and oxygen atoms in total. The summed E-state index contributed by atoms with van der Waals surface area (Å²) in [7, 11) is -3.80. The lowest BCUT2D eigenvalue weighted by atomic mass is 10.4. The van der Waals surface area contributed by atoms with Crippen LogP contribution >= 0.6 is 0 Å². The maximum absolute atomic E-state index is 13.6. The van der Waals surface area contributed by atoms with Gasteiger partial charge in [0.15, 0.2) is 5.82 Å². The van der Waals surface area contributed by atoms with Crippen molar-refractivity contribution in [2.75, 3.05) is 13.1 Å². The first-order chi connectivity index (χ1) is 8.55. The van der Waals surface area contributed by atoms with Crippen molar-refractivity contribution < 1.29 is 12.8 Å². The predicted octanol–water partition coefficient (Wildman–Crippen LogP) is 2.03. The lowest BCUT2D eigenvalue weighted by Crippen LogP contribution is -2.34. The van der Waals surface area contributed by atoms with Crippen LogP contribution in [-0.2, 0) is 10.0 Å². The van der Waals surface area contributed by atoms with Gasteiger partial charge in [0, 0.05) is 19.3 Å². The van der Waals surface area contributed by atoms with E-state index in [1.54, 1.807) is 0 Å². The van der Waals surface area contributed by atoms with Gasteiger partial charge in [0.2, 0.25) is 5.03 Å². The van der Waals surface area contributed by atoms with E-state index in [0.717, 1.165) is 18.9 Å². The van der Waals surface area contributed by atoms with Gasteiger partial charge in [0.25, 0.3) is 10.0 Å². The Morgan fingerprint density at radius 2 is 2.22 bits per heavy atom. The molecule has 0 saturated heterocycles. The average Bonchev–Trinajstić information content (AvgIpc) is 3.13. The molecule has 1 aliphatic rings. The molecule has 2 rings (SSSR count). The molecule has 0 bridgehead atoms. The number of aromatic nitrogens is 1. The zero-order valence-electron chi connectivity index (χ0n) is 10.3. The molecule has 1 heterocycles. The molecule has 0 N–H and O–H groups in total. The summed E-state index contributed by atoms with van der Waals surface area (Å²) in [5.41, 5.74) is 0. The Kier molecular flexibility index (Phi) is 3.97. The van der Waals surface area contributed by atoms with Crippen molar-refractivity contribution in [3.05, 3.63) is 24.1 Å². The van der Waals surface area contributed by atoms with Gasteiger partial charge in [0.05, 0.1) is 0 Å². The summed E-state index contributed by atoms with van der Waals surface area (Å²) >= 11 is 0. The quantitative estimate of drug-likeness (QED) is 0.796. The van der Waals surface area contributed by atoms with E-state index >= 15 is 0 Å². The van der Waals surface area contributed by atoms with Crippen LogP contribution < -0.4 is 0 Å². The fraction of sp³-hybridized carbons (Fsp3) is 0.583. The van der Waals surface area contributed by atoms with Crippen LogP contribution in [0.2, 0.25) is 0 Å². The molecular formula is C12H17FN2O2S. The Balaban J connectivity index is 2.28. The first kappa shape index (κ1) is 13.4. The standard InChI is InChI=1S/C12H17FN2O2S/c1-2-8-15(9-10-5-6-10)18(16,17)12-11(13)4-3-7-14-12/h3-4,7,10H,2,5-6,8-9H2,1H3. The van der Waals surface area contributed by atoms with E-state index in [-0.39, 0.29) is 0 Å². The third kappa shape index (κ3) is 2.87. The SMILES string of the molecule is CCCN(CC1CC1)S(=O)(=O)c1ncccc1F. The number of sulfonamides is 1. The van der Waals surface area contributed by atoms with Gasteiger partial charge < -0.3 is 0 Å². The Labute approximate surface area is 107 Å². The highest BCUT2D eigenvalue weighted by Gasteiger charge is 2.33. The molecule has 100 valence electrons. The van der Waals surface area contributed by atoms with E-state index in [9.17, 15) is 12.8 Å². The molecule has 1 aromatic heterocycles. The highest BCUT2D eigenvalue weighted by Crippen LogP contribution is 2.31. The molecule has 18 heavy (non-hydrogen) atoms. The number of hydrogen-bond acceptors (Lipinski definition) is 3. The van der Waals surface area contributed by atoms with Crippen molar-refractivity contribution in [2.45, 2.75) is 31.2 Å². The van der Waals surface area contributed by atoms with Crippen LogP contribution in [0.1, 0.15) is 26.2 Å². The highest BCUT2D eigenvalue weighted by molar-refractivity contribution is 7.89. The van der Waals surface area contributed by atoms with Gasteiger partial charge in [-0.1, -0.05) is 6.92 Å². The fourth-order valence-corrected chi connectivity index (χ4v) is 3.41. The minimum atomic E-state index is -3.80. The van der Waals surface area contributed by atoms with Crippen LogP contribution in [0.15, 0.2) is 23.4 Å². The van der Waals surface area contributed by atoms with E-state index in [4.69, 9.17) is 0 Å². The predicted molar refractivity (Wildman–Crippen MR) is 66.0 cm³/mol. The molecule has 6 heteroatoms. The van der Waals surface area contributed by atoms with Crippen LogP contribution in [-0.4, -0.2) is 30.8 Å². The minimum Gasteiger partial charge on any atom is -0.241 e. The van der Waals surface area contributed by atoms with Gasteiger partial charge >= 0.3 is 0 Å². The highest BCUT2D eigenvalue weighted by atomic mass is 32.2. The van der Waals surface area contributed by atoms with E-state index in [0.29, 0.717) is 25.4 Å². The summed E-state index contributed by atoms with van der Waals surface area (Å²) in [6.45, 7) is 2.80. The first-order valence-electron chi connectivity index (χ1n) is 6.16. The van der Waals surface area contributed by atoms with Crippen molar-refractivity contribution in [2.24, 2.45) is 5.92 Å². The first-order valence-corrected chi connectivity index (χ1v) is 7.60. The molecule has 1 aromatic rings. The summed E-state index contributed by atoms with van der Waals surface area (Å²) in [4.78, 5) is 3.68. The molecule has 0 aromatic carbocycles. The smallest absolute Gasteiger partial charge is 0.241 e. The minimum absolute atomic E-state index is 0.412. The molecule has 0 atom stereocenters. The van der Waals surface area contributed by atoms with Gasteiger partial charge in [-0.25, -0.2) is 17.8 Å². The molecule has 0 amide bonds. The third-order valence-corrected chi connectivity index (χ3v) is 4.74. The van der Waals surface area contributed by atoms with Crippen molar-refractivity contribution in [3.63, 3.8) is 0 Å². The summed E-state index contributed by atoms with van der Waals surface area (Å²) in [6, 6.07) is 2.51. The molecule has 0 spiro atoms. The van der Waals surface area contributed by atoms with Crippen molar-refractivity contribution >= 4 is 10.0 Å². The molecule has 1 fully saturated rings. The number of nitrogens with zero attached hydrogens (tertiary/aromatic N) is 2. The Bertz CT molecular complexity index is 515. The van der Waals surface area contributed by atoms with Crippen LogP contribution in [0.25, 0.3) is 0 Å². The Hall–Kier alpha value is -1.01. The van der Waals surface area contributed by atoms with Gasteiger partial charge in [-0.3, -0.25) is 0 Å². The number of rotatable bonds is 6.